The van der Waals surface area contributed by atoms with Gasteiger partial charge in [0.05, 0.1) is 7.11 Å². The fraction of sp³-hybridized carbons (Fsp3) is 0.357. The van der Waals surface area contributed by atoms with E-state index in [-0.39, 0.29) is 31.0 Å². The van der Waals surface area contributed by atoms with E-state index in [1.807, 2.05) is 87.5 Å². The van der Waals surface area contributed by atoms with E-state index in [0.717, 1.165) is 22.8 Å². The van der Waals surface area contributed by atoms with E-state index in [0.29, 0.717) is 17.9 Å². The Kier molecular flexibility index (Phi) is 8.91. The first-order chi connectivity index (χ1) is 16.5. The van der Waals surface area contributed by atoms with E-state index in [1.54, 1.807) is 12.0 Å². The van der Waals surface area contributed by atoms with Gasteiger partial charge in [-0.25, -0.2) is 0 Å². The number of carbonyl (C=O) groups is 2. The number of ether oxygens (including phenoxy) is 2. The second-order valence-corrected chi connectivity index (χ2v) is 8.38. The van der Waals surface area contributed by atoms with Gasteiger partial charge in [-0.15, -0.1) is 0 Å². The molecule has 0 aliphatic rings. The van der Waals surface area contributed by atoms with Gasteiger partial charge in [0.1, 0.15) is 17.5 Å². The molecule has 0 saturated carbocycles. The van der Waals surface area contributed by atoms with Gasteiger partial charge in [-0.05, 0) is 48.9 Å². The molecule has 0 saturated heterocycles. The van der Waals surface area contributed by atoms with Crippen molar-refractivity contribution in [3.05, 3.63) is 72.3 Å². The molecule has 0 aliphatic carbocycles. The summed E-state index contributed by atoms with van der Waals surface area (Å²) in [7, 11) is 1.61. The zero-order valence-corrected chi connectivity index (χ0v) is 20.4. The molecule has 0 bridgehead atoms. The van der Waals surface area contributed by atoms with Gasteiger partial charge in [0.2, 0.25) is 5.91 Å². The lowest BCUT2D eigenvalue weighted by Crippen LogP contribution is -2.51. The van der Waals surface area contributed by atoms with Crippen molar-refractivity contribution in [3.63, 3.8) is 0 Å². The molecular weight excluding hydrogens is 428 g/mol. The van der Waals surface area contributed by atoms with E-state index in [4.69, 9.17) is 9.47 Å². The number of nitrogens with one attached hydrogen (secondary N) is 1. The summed E-state index contributed by atoms with van der Waals surface area (Å²) in [6.45, 7) is 6.01. The van der Waals surface area contributed by atoms with Gasteiger partial charge in [0.15, 0.2) is 6.61 Å². The average molecular weight is 463 g/mol. The molecule has 34 heavy (non-hydrogen) atoms. The molecule has 6 nitrogen and oxygen atoms in total. The number of hydrogen-bond acceptors (Lipinski definition) is 4. The number of hydrogen-bond donors (Lipinski definition) is 1. The van der Waals surface area contributed by atoms with Gasteiger partial charge in [-0.1, -0.05) is 62.4 Å². The van der Waals surface area contributed by atoms with Crippen molar-refractivity contribution in [1.82, 2.24) is 10.2 Å². The molecule has 1 N–H and O–H groups in total. The molecule has 2 amide bonds. The van der Waals surface area contributed by atoms with Crippen LogP contribution in [0.15, 0.2) is 66.7 Å². The van der Waals surface area contributed by atoms with Crippen LogP contribution in [-0.2, 0) is 16.1 Å². The third kappa shape index (κ3) is 6.28. The molecule has 0 fully saturated rings. The Bertz CT molecular complexity index is 1110. The van der Waals surface area contributed by atoms with Crippen molar-refractivity contribution in [2.24, 2.45) is 0 Å². The smallest absolute Gasteiger partial charge is 0.261 e. The lowest BCUT2D eigenvalue weighted by molar-refractivity contribution is -0.143. The standard InChI is InChI=1S/C28H34N2O4/c1-5-20(3)29-28(32)25(6-2)30(18-21-11-9-14-23(17-21)33-4)27(31)19-34-26-16-10-13-22-12-7-8-15-24(22)26/h7-17,20,25H,5-6,18-19H2,1-4H3,(H,29,32). The summed E-state index contributed by atoms with van der Waals surface area (Å²) in [4.78, 5) is 28.2. The number of fused-ring (bicyclic) bond motifs is 1. The maximum Gasteiger partial charge on any atom is 0.261 e. The third-order valence-corrected chi connectivity index (χ3v) is 5.97. The van der Waals surface area contributed by atoms with Gasteiger partial charge in [0.25, 0.3) is 5.91 Å². The molecule has 0 aliphatic heterocycles. The normalized spacial score (nSPS) is 12.6. The number of benzene rings is 3. The molecule has 0 radical (unpaired) electrons. The van der Waals surface area contributed by atoms with Crippen molar-refractivity contribution >= 4 is 22.6 Å². The number of carbonyl (C=O) groups excluding carboxylic acids is 2. The van der Waals surface area contributed by atoms with Crippen LogP contribution in [0.5, 0.6) is 11.5 Å². The van der Waals surface area contributed by atoms with E-state index >= 15 is 0 Å². The summed E-state index contributed by atoms with van der Waals surface area (Å²) in [6, 6.07) is 20.6. The van der Waals surface area contributed by atoms with E-state index in [1.165, 1.54) is 0 Å². The highest BCUT2D eigenvalue weighted by Crippen LogP contribution is 2.25. The van der Waals surface area contributed by atoms with Crippen LogP contribution >= 0.6 is 0 Å². The molecule has 2 unspecified atom stereocenters. The molecule has 3 aromatic rings. The second kappa shape index (κ2) is 12.1. The number of amides is 2. The zero-order chi connectivity index (χ0) is 24.5. The Morgan fingerprint density at radius 3 is 2.44 bits per heavy atom. The maximum atomic E-state index is 13.5. The van der Waals surface area contributed by atoms with Gasteiger partial charge in [-0.2, -0.15) is 0 Å². The lowest BCUT2D eigenvalue weighted by atomic mass is 10.1. The number of methoxy groups -OCH3 is 1. The Morgan fingerprint density at radius 2 is 1.71 bits per heavy atom. The molecule has 0 spiro atoms. The van der Waals surface area contributed by atoms with Crippen LogP contribution < -0.4 is 14.8 Å². The summed E-state index contributed by atoms with van der Waals surface area (Å²) in [5.41, 5.74) is 0.882. The van der Waals surface area contributed by atoms with Gasteiger partial charge in [-0.3, -0.25) is 9.59 Å². The first-order valence-corrected chi connectivity index (χ1v) is 11.8. The Balaban J connectivity index is 1.84. The first-order valence-electron chi connectivity index (χ1n) is 11.8. The monoisotopic (exact) mass is 462 g/mol. The summed E-state index contributed by atoms with van der Waals surface area (Å²) in [5.74, 6) is 0.944. The molecule has 0 aromatic heterocycles. The van der Waals surface area contributed by atoms with Crippen molar-refractivity contribution in [2.75, 3.05) is 13.7 Å². The highest BCUT2D eigenvalue weighted by atomic mass is 16.5. The minimum atomic E-state index is -0.608. The van der Waals surface area contributed by atoms with E-state index in [2.05, 4.69) is 5.32 Å². The first kappa shape index (κ1) is 25.1. The third-order valence-electron chi connectivity index (χ3n) is 5.97. The fourth-order valence-corrected chi connectivity index (χ4v) is 3.87. The molecular formula is C28H34N2O4. The van der Waals surface area contributed by atoms with Crippen LogP contribution in [0.1, 0.15) is 39.2 Å². The molecule has 3 rings (SSSR count). The van der Waals surface area contributed by atoms with Crippen molar-refractivity contribution in [2.45, 2.75) is 52.2 Å². The second-order valence-electron chi connectivity index (χ2n) is 8.38. The maximum absolute atomic E-state index is 13.5. The van der Waals surface area contributed by atoms with Gasteiger partial charge in [0, 0.05) is 18.0 Å². The average Bonchev–Trinajstić information content (AvgIpc) is 2.87. The van der Waals surface area contributed by atoms with Crippen LogP contribution in [0.2, 0.25) is 0 Å². The van der Waals surface area contributed by atoms with Gasteiger partial charge < -0.3 is 19.7 Å². The molecule has 180 valence electrons. The molecule has 0 heterocycles. The van der Waals surface area contributed by atoms with Crippen LogP contribution in [0.4, 0.5) is 0 Å². The van der Waals surface area contributed by atoms with Crippen LogP contribution in [0.25, 0.3) is 10.8 Å². The highest BCUT2D eigenvalue weighted by molar-refractivity contribution is 5.90. The van der Waals surface area contributed by atoms with Crippen LogP contribution in [0.3, 0.4) is 0 Å². The quantitative estimate of drug-likeness (QED) is 0.438. The summed E-state index contributed by atoms with van der Waals surface area (Å²) >= 11 is 0. The van der Waals surface area contributed by atoms with Crippen molar-refractivity contribution < 1.29 is 19.1 Å². The zero-order valence-electron chi connectivity index (χ0n) is 20.4. The SMILES string of the molecule is CCC(C)NC(=O)C(CC)N(Cc1cccc(OC)c1)C(=O)COc1cccc2ccccc12. The van der Waals surface area contributed by atoms with Gasteiger partial charge >= 0.3 is 0 Å². The summed E-state index contributed by atoms with van der Waals surface area (Å²) in [6.07, 6.45) is 1.31. The van der Waals surface area contributed by atoms with Crippen molar-refractivity contribution in [3.8, 4) is 11.5 Å². The largest absolute Gasteiger partial charge is 0.497 e. The Hall–Kier alpha value is -3.54. The summed E-state index contributed by atoms with van der Waals surface area (Å²) < 4.78 is 11.3. The summed E-state index contributed by atoms with van der Waals surface area (Å²) in [5, 5.41) is 5.01. The number of nitrogens with zero attached hydrogens (tertiary/aromatic N) is 1. The minimum absolute atomic E-state index is 0.0299. The molecule has 2 atom stereocenters. The van der Waals surface area contributed by atoms with E-state index in [9.17, 15) is 9.59 Å². The molecule has 6 heteroatoms. The van der Waals surface area contributed by atoms with Crippen molar-refractivity contribution in [1.29, 1.82) is 0 Å². The number of rotatable bonds is 11. The predicted octanol–water partition coefficient (Wildman–Crippen LogP) is 4.95. The van der Waals surface area contributed by atoms with Crippen LogP contribution in [-0.4, -0.2) is 42.5 Å². The Morgan fingerprint density at radius 1 is 0.971 bits per heavy atom. The highest BCUT2D eigenvalue weighted by Gasteiger charge is 2.29. The predicted molar refractivity (Wildman–Crippen MR) is 135 cm³/mol. The van der Waals surface area contributed by atoms with E-state index < -0.39 is 6.04 Å². The lowest BCUT2D eigenvalue weighted by Gasteiger charge is -2.31. The molecule has 3 aromatic carbocycles. The van der Waals surface area contributed by atoms with Crippen LogP contribution in [0, 0.1) is 0 Å². The fourth-order valence-electron chi connectivity index (χ4n) is 3.87. The topological polar surface area (TPSA) is 67.9 Å². The Labute approximate surface area is 201 Å². The minimum Gasteiger partial charge on any atom is -0.497 e.